The van der Waals surface area contributed by atoms with Crippen LogP contribution in [-0.4, -0.2) is 126 Å². The smallest absolute Gasteiger partial charge is 0.261 e. The van der Waals surface area contributed by atoms with Crippen LogP contribution in [0.3, 0.4) is 0 Å². The largest absolute Gasteiger partial charge is 0.305 e. The molecule has 0 aliphatic carbocycles. The average Bonchev–Trinajstić information content (AvgIpc) is 3.88. The topological polar surface area (TPSA) is 143 Å². The van der Waals surface area contributed by atoms with Crippen molar-refractivity contribution in [3.63, 3.8) is 0 Å². The SMILES string of the molecule is CN(CCCN(C)CCN1C(=O)c2cccc3cc(-n4cncn4)cc(c23)C1=O)CCN1C(=O)c2cccc3cc(-n4cncn4)cc(c23)C1=O. The molecule has 2 aliphatic heterocycles. The Labute approximate surface area is 292 Å². The zero-order chi connectivity index (χ0) is 35.2. The second kappa shape index (κ2) is 13.0. The van der Waals surface area contributed by atoms with E-state index in [9.17, 15) is 19.2 Å². The molecule has 0 saturated heterocycles. The summed E-state index contributed by atoms with van der Waals surface area (Å²) >= 11 is 0. The normalized spacial score (nSPS) is 14.3. The second-order valence-electron chi connectivity index (χ2n) is 13.0. The molecule has 0 radical (unpaired) electrons. The Morgan fingerprint density at radius 1 is 0.549 bits per heavy atom. The molecule has 0 unspecified atom stereocenters. The van der Waals surface area contributed by atoms with E-state index in [-0.39, 0.29) is 36.7 Å². The number of imide groups is 2. The molecule has 0 spiro atoms. The number of hydrogen-bond donors (Lipinski definition) is 0. The van der Waals surface area contributed by atoms with Gasteiger partial charge in [0.1, 0.15) is 25.3 Å². The Morgan fingerprint density at radius 2 is 0.980 bits per heavy atom. The van der Waals surface area contributed by atoms with E-state index in [0.29, 0.717) is 57.5 Å². The maximum Gasteiger partial charge on any atom is 0.261 e. The van der Waals surface area contributed by atoms with Crippen molar-refractivity contribution in [1.29, 1.82) is 0 Å². The first-order valence-electron chi connectivity index (χ1n) is 16.7. The first-order chi connectivity index (χ1) is 24.8. The summed E-state index contributed by atoms with van der Waals surface area (Å²) in [4.78, 5) is 69.2. The van der Waals surface area contributed by atoms with E-state index < -0.39 is 0 Å². The number of hydrogen-bond acceptors (Lipinski definition) is 10. The summed E-state index contributed by atoms with van der Waals surface area (Å²) in [6.45, 7) is 2.97. The van der Waals surface area contributed by atoms with Crippen molar-refractivity contribution in [3.8, 4) is 11.4 Å². The monoisotopic (exact) mass is 682 g/mol. The van der Waals surface area contributed by atoms with E-state index in [0.717, 1.165) is 30.3 Å². The number of carbonyl (C=O) groups excluding carboxylic acids is 4. The molecule has 256 valence electrons. The molecule has 4 heterocycles. The van der Waals surface area contributed by atoms with Crippen LogP contribution in [0.2, 0.25) is 0 Å². The molecule has 6 aromatic rings. The van der Waals surface area contributed by atoms with Gasteiger partial charge in [-0.3, -0.25) is 29.0 Å². The van der Waals surface area contributed by atoms with Crippen molar-refractivity contribution < 1.29 is 19.2 Å². The zero-order valence-electron chi connectivity index (χ0n) is 28.1. The van der Waals surface area contributed by atoms with Crippen LogP contribution in [0.1, 0.15) is 47.9 Å². The van der Waals surface area contributed by atoms with Crippen LogP contribution in [0.15, 0.2) is 86.0 Å². The highest BCUT2D eigenvalue weighted by atomic mass is 16.2. The third-order valence-electron chi connectivity index (χ3n) is 9.68. The Bertz CT molecular complexity index is 2170. The molecule has 2 aromatic heterocycles. The highest BCUT2D eigenvalue weighted by Gasteiger charge is 2.34. The van der Waals surface area contributed by atoms with Crippen molar-refractivity contribution in [3.05, 3.63) is 108 Å². The van der Waals surface area contributed by atoms with Crippen LogP contribution in [-0.2, 0) is 0 Å². The van der Waals surface area contributed by atoms with Crippen molar-refractivity contribution in [2.24, 2.45) is 0 Å². The Kier molecular flexibility index (Phi) is 8.16. The predicted molar refractivity (Wildman–Crippen MR) is 188 cm³/mol. The molecule has 8 rings (SSSR count). The maximum absolute atomic E-state index is 13.7. The van der Waals surface area contributed by atoms with E-state index in [1.165, 1.54) is 22.5 Å². The lowest BCUT2D eigenvalue weighted by Crippen LogP contribution is -2.45. The molecule has 0 bridgehead atoms. The summed E-state index contributed by atoms with van der Waals surface area (Å²) in [5.74, 6) is -1.24. The molecule has 4 amide bonds. The van der Waals surface area contributed by atoms with Gasteiger partial charge >= 0.3 is 0 Å². The summed E-state index contributed by atoms with van der Waals surface area (Å²) in [7, 11) is 3.93. The lowest BCUT2D eigenvalue weighted by molar-refractivity contribution is 0.0585. The quantitative estimate of drug-likeness (QED) is 0.177. The fourth-order valence-corrected chi connectivity index (χ4v) is 7.01. The number of likely N-dealkylation sites (N-methyl/N-ethyl adjacent to an activating group) is 2. The van der Waals surface area contributed by atoms with Gasteiger partial charge in [-0.25, -0.2) is 19.3 Å². The van der Waals surface area contributed by atoms with Crippen molar-refractivity contribution >= 4 is 45.2 Å². The fourth-order valence-electron chi connectivity index (χ4n) is 7.01. The highest BCUT2D eigenvalue weighted by Crippen LogP contribution is 2.33. The summed E-state index contributed by atoms with van der Waals surface area (Å²) in [5.41, 5.74) is 3.36. The molecule has 0 fully saturated rings. The van der Waals surface area contributed by atoms with Gasteiger partial charge in [-0.2, -0.15) is 10.2 Å². The standard InChI is InChI=1S/C37H34N10O4/c1-42(12-14-44-34(48)28-8-3-6-24-16-26(46-22-38-20-40-46)18-30(32(24)28)36(44)50)10-5-11-43(2)13-15-45-35(49)29-9-4-7-25-17-27(47-23-39-21-41-47)19-31(33(25)29)37(45)51/h3-4,6-9,16-23H,5,10-15H2,1-2H3. The van der Waals surface area contributed by atoms with Crippen molar-refractivity contribution in [1.82, 2.24) is 49.1 Å². The number of carbonyl (C=O) groups is 4. The van der Waals surface area contributed by atoms with Gasteiger partial charge in [-0.15, -0.1) is 0 Å². The van der Waals surface area contributed by atoms with Gasteiger partial charge in [-0.1, -0.05) is 24.3 Å². The minimum atomic E-state index is -0.325. The fraction of sp³-hybridized carbons (Fsp3) is 0.243. The van der Waals surface area contributed by atoms with Crippen molar-refractivity contribution in [2.75, 3.05) is 53.4 Å². The van der Waals surface area contributed by atoms with Gasteiger partial charge in [0.25, 0.3) is 23.6 Å². The number of benzene rings is 4. The predicted octanol–water partition coefficient (Wildman–Crippen LogP) is 3.30. The molecular weight excluding hydrogens is 648 g/mol. The lowest BCUT2D eigenvalue weighted by atomic mass is 9.93. The maximum atomic E-state index is 13.7. The molecule has 51 heavy (non-hydrogen) atoms. The molecule has 0 N–H and O–H groups in total. The summed E-state index contributed by atoms with van der Waals surface area (Å²) in [6.07, 6.45) is 6.83. The van der Waals surface area contributed by atoms with Crippen LogP contribution in [0.25, 0.3) is 32.9 Å². The third-order valence-corrected chi connectivity index (χ3v) is 9.68. The van der Waals surface area contributed by atoms with Gasteiger partial charge in [0.15, 0.2) is 0 Å². The number of aromatic nitrogens is 6. The first-order valence-corrected chi connectivity index (χ1v) is 16.7. The molecule has 14 heteroatoms. The summed E-state index contributed by atoms with van der Waals surface area (Å²) in [6, 6.07) is 18.3. The molecule has 0 saturated carbocycles. The van der Waals surface area contributed by atoms with Gasteiger partial charge in [0.2, 0.25) is 0 Å². The number of amides is 4. The minimum Gasteiger partial charge on any atom is -0.305 e. The lowest BCUT2D eigenvalue weighted by Gasteiger charge is -2.30. The van der Waals surface area contributed by atoms with Gasteiger partial charge in [-0.05, 0) is 80.8 Å². The van der Waals surface area contributed by atoms with Gasteiger partial charge in [0.05, 0.1) is 22.5 Å². The van der Waals surface area contributed by atoms with E-state index in [1.54, 1.807) is 46.3 Å². The summed E-state index contributed by atoms with van der Waals surface area (Å²) in [5, 5.41) is 11.3. The van der Waals surface area contributed by atoms with Crippen LogP contribution in [0.5, 0.6) is 0 Å². The molecule has 14 nitrogen and oxygen atoms in total. The van der Waals surface area contributed by atoms with E-state index in [1.807, 2.05) is 50.5 Å². The van der Waals surface area contributed by atoms with Crippen LogP contribution < -0.4 is 0 Å². The first kappa shape index (κ1) is 32.1. The minimum absolute atomic E-state index is 0.249. The average molecular weight is 683 g/mol. The van der Waals surface area contributed by atoms with Gasteiger partial charge < -0.3 is 9.80 Å². The second-order valence-corrected chi connectivity index (χ2v) is 13.0. The molecular formula is C37H34N10O4. The van der Waals surface area contributed by atoms with Crippen LogP contribution in [0, 0.1) is 0 Å². The Morgan fingerprint density at radius 3 is 1.39 bits per heavy atom. The summed E-state index contributed by atoms with van der Waals surface area (Å²) < 4.78 is 3.19. The zero-order valence-corrected chi connectivity index (χ0v) is 28.1. The molecule has 0 atom stereocenters. The van der Waals surface area contributed by atoms with E-state index in [4.69, 9.17) is 0 Å². The number of nitrogens with zero attached hydrogens (tertiary/aromatic N) is 10. The van der Waals surface area contributed by atoms with Crippen LogP contribution in [0.4, 0.5) is 0 Å². The Balaban J connectivity index is 0.863. The van der Waals surface area contributed by atoms with E-state index >= 15 is 0 Å². The van der Waals surface area contributed by atoms with E-state index in [2.05, 4.69) is 30.0 Å². The molecule has 4 aromatic carbocycles. The third kappa shape index (κ3) is 5.73. The highest BCUT2D eigenvalue weighted by molar-refractivity contribution is 6.26. The number of rotatable bonds is 12. The van der Waals surface area contributed by atoms with Crippen molar-refractivity contribution in [2.45, 2.75) is 6.42 Å². The Hall–Kier alpha value is -6.12. The van der Waals surface area contributed by atoms with Crippen LogP contribution >= 0.6 is 0 Å². The molecule has 2 aliphatic rings. The van der Waals surface area contributed by atoms with Gasteiger partial charge in [0, 0.05) is 48.1 Å².